The molecule has 0 bridgehead atoms. The first-order valence-electron chi connectivity index (χ1n) is 4.88. The molecule has 0 unspecified atom stereocenters. The van der Waals surface area contributed by atoms with E-state index in [1.54, 1.807) is 0 Å². The van der Waals surface area contributed by atoms with Gasteiger partial charge in [0.2, 0.25) is 5.13 Å². The molecule has 0 amide bonds. The third-order valence-electron chi connectivity index (χ3n) is 2.39. The Hall–Kier alpha value is -0.940. The number of aryl methyl sites for hydroxylation is 2. The summed E-state index contributed by atoms with van der Waals surface area (Å²) in [5.74, 6) is 0. The lowest BCUT2D eigenvalue weighted by Crippen LogP contribution is -2.10. The van der Waals surface area contributed by atoms with Crippen molar-refractivity contribution in [3.8, 4) is 0 Å². The third-order valence-corrected chi connectivity index (χ3v) is 3.82. The van der Waals surface area contributed by atoms with E-state index < -0.39 is 0 Å². The summed E-state index contributed by atoms with van der Waals surface area (Å²) in [5, 5.41) is 8.94. The van der Waals surface area contributed by atoms with E-state index in [0.29, 0.717) is 0 Å². The van der Waals surface area contributed by atoms with Crippen molar-refractivity contribution >= 4 is 38.1 Å². The fourth-order valence-electron chi connectivity index (χ4n) is 1.62. The van der Waals surface area contributed by atoms with Crippen molar-refractivity contribution in [1.29, 1.82) is 0 Å². The van der Waals surface area contributed by atoms with Gasteiger partial charge in [0, 0.05) is 12.7 Å². The van der Waals surface area contributed by atoms with Crippen molar-refractivity contribution in [2.75, 3.05) is 11.9 Å². The summed E-state index contributed by atoms with van der Waals surface area (Å²) >= 11 is 4.85. The Bertz CT molecular complexity index is 510. The van der Waals surface area contributed by atoms with E-state index in [-0.39, 0.29) is 0 Å². The Kier molecular flexibility index (Phi) is 3.25. The molecule has 16 heavy (non-hydrogen) atoms. The topological polar surface area (TPSA) is 29.0 Å². The molecule has 0 aliphatic heterocycles. The van der Waals surface area contributed by atoms with Crippen LogP contribution in [0.3, 0.4) is 0 Å². The minimum absolute atomic E-state index is 0.805. The van der Waals surface area contributed by atoms with Crippen molar-refractivity contribution < 1.29 is 0 Å². The smallest absolute Gasteiger partial charge is 0.213 e. The molecule has 0 radical (unpaired) electrons. The fraction of sp³-hybridized carbons (Fsp3) is 0.273. The van der Waals surface area contributed by atoms with E-state index >= 15 is 0 Å². The van der Waals surface area contributed by atoms with Crippen LogP contribution in [0.4, 0.5) is 10.8 Å². The van der Waals surface area contributed by atoms with E-state index in [9.17, 15) is 0 Å². The van der Waals surface area contributed by atoms with Gasteiger partial charge in [0.25, 0.3) is 0 Å². The highest BCUT2D eigenvalue weighted by Crippen LogP contribution is 2.31. The minimum Gasteiger partial charge on any atom is -0.319 e. The van der Waals surface area contributed by atoms with Gasteiger partial charge in [0.15, 0.2) is 3.92 Å². The molecule has 0 aliphatic rings. The molecule has 0 spiro atoms. The standard InChI is InChI=1S/C11H12BrN3S/c1-7-4-5-9(8(2)6-7)15(3)11-14-13-10(12)16-11/h4-6H,1-3H3. The molecule has 2 rings (SSSR count). The second kappa shape index (κ2) is 4.51. The Morgan fingerprint density at radius 3 is 2.56 bits per heavy atom. The van der Waals surface area contributed by atoms with Crippen LogP contribution in [0.1, 0.15) is 11.1 Å². The second-order valence-electron chi connectivity index (χ2n) is 3.69. The lowest BCUT2D eigenvalue weighted by molar-refractivity contribution is 1.03. The van der Waals surface area contributed by atoms with E-state index in [1.807, 2.05) is 7.05 Å². The van der Waals surface area contributed by atoms with Crippen LogP contribution >= 0.6 is 27.3 Å². The van der Waals surface area contributed by atoms with Crippen molar-refractivity contribution in [2.45, 2.75) is 13.8 Å². The fourth-order valence-corrected chi connectivity index (χ4v) is 2.68. The first-order valence-corrected chi connectivity index (χ1v) is 6.49. The molecular formula is C11H12BrN3S. The van der Waals surface area contributed by atoms with Gasteiger partial charge in [0.1, 0.15) is 0 Å². The Balaban J connectivity index is 2.37. The number of anilines is 2. The van der Waals surface area contributed by atoms with Crippen LogP contribution in [0.25, 0.3) is 0 Å². The van der Waals surface area contributed by atoms with E-state index in [4.69, 9.17) is 0 Å². The van der Waals surface area contributed by atoms with Gasteiger partial charge in [0.05, 0.1) is 0 Å². The van der Waals surface area contributed by atoms with Crippen molar-refractivity contribution in [2.24, 2.45) is 0 Å². The first kappa shape index (κ1) is 11.5. The SMILES string of the molecule is Cc1ccc(N(C)c2nnc(Br)s2)c(C)c1. The number of aromatic nitrogens is 2. The number of benzene rings is 1. The predicted octanol–water partition coefficient (Wildman–Crippen LogP) is 3.69. The highest BCUT2D eigenvalue weighted by molar-refractivity contribution is 9.11. The van der Waals surface area contributed by atoms with Gasteiger partial charge in [-0.3, -0.25) is 0 Å². The van der Waals surface area contributed by atoms with Gasteiger partial charge in [-0.15, -0.1) is 10.2 Å². The van der Waals surface area contributed by atoms with Crippen molar-refractivity contribution in [3.63, 3.8) is 0 Å². The maximum atomic E-state index is 4.10. The molecule has 1 aromatic carbocycles. The van der Waals surface area contributed by atoms with Crippen LogP contribution in [0.2, 0.25) is 0 Å². The molecule has 0 aliphatic carbocycles. The molecule has 0 atom stereocenters. The number of halogens is 1. The molecule has 0 fully saturated rings. The lowest BCUT2D eigenvalue weighted by Gasteiger charge is -2.18. The molecule has 5 heteroatoms. The van der Waals surface area contributed by atoms with E-state index in [2.05, 4.69) is 63.1 Å². The summed E-state index contributed by atoms with van der Waals surface area (Å²) < 4.78 is 0.805. The second-order valence-corrected chi connectivity index (χ2v) is 5.92. The van der Waals surface area contributed by atoms with Gasteiger partial charge >= 0.3 is 0 Å². The highest BCUT2D eigenvalue weighted by atomic mass is 79.9. The molecule has 1 heterocycles. The number of hydrogen-bond donors (Lipinski definition) is 0. The summed E-state index contributed by atoms with van der Waals surface area (Å²) in [4.78, 5) is 2.05. The molecule has 0 saturated carbocycles. The molecule has 1 aromatic heterocycles. The maximum absolute atomic E-state index is 4.10. The van der Waals surface area contributed by atoms with Gasteiger partial charge in [-0.1, -0.05) is 29.0 Å². The van der Waals surface area contributed by atoms with Crippen LogP contribution in [0.15, 0.2) is 22.1 Å². The third kappa shape index (κ3) is 2.25. The molecule has 2 aromatic rings. The van der Waals surface area contributed by atoms with E-state index in [1.165, 1.54) is 22.5 Å². The normalized spacial score (nSPS) is 10.5. The zero-order valence-electron chi connectivity index (χ0n) is 9.36. The summed E-state index contributed by atoms with van der Waals surface area (Å²) in [6, 6.07) is 6.39. The van der Waals surface area contributed by atoms with Gasteiger partial charge < -0.3 is 4.90 Å². The molecule has 0 N–H and O–H groups in total. The average molecular weight is 298 g/mol. The number of nitrogens with zero attached hydrogens (tertiary/aromatic N) is 3. The highest BCUT2D eigenvalue weighted by Gasteiger charge is 2.11. The van der Waals surface area contributed by atoms with Crippen molar-refractivity contribution in [3.05, 3.63) is 33.2 Å². The molecule has 84 valence electrons. The van der Waals surface area contributed by atoms with E-state index in [0.717, 1.165) is 14.7 Å². The molecule has 0 saturated heterocycles. The van der Waals surface area contributed by atoms with Crippen LogP contribution in [0.5, 0.6) is 0 Å². The number of rotatable bonds is 2. The van der Waals surface area contributed by atoms with Crippen LogP contribution < -0.4 is 4.90 Å². The maximum Gasteiger partial charge on any atom is 0.213 e. The summed E-state index contributed by atoms with van der Waals surface area (Å²) in [6.45, 7) is 4.20. The zero-order valence-corrected chi connectivity index (χ0v) is 11.8. The lowest BCUT2D eigenvalue weighted by atomic mass is 10.1. The van der Waals surface area contributed by atoms with Gasteiger partial charge in [-0.05, 0) is 41.4 Å². The monoisotopic (exact) mass is 297 g/mol. The van der Waals surface area contributed by atoms with Crippen LogP contribution in [-0.2, 0) is 0 Å². The Morgan fingerprint density at radius 2 is 2.00 bits per heavy atom. The summed E-state index contributed by atoms with van der Waals surface area (Å²) in [5.41, 5.74) is 3.68. The van der Waals surface area contributed by atoms with Crippen LogP contribution in [0, 0.1) is 13.8 Å². The Labute approximate surface area is 107 Å². The molecule has 3 nitrogen and oxygen atoms in total. The van der Waals surface area contributed by atoms with Gasteiger partial charge in [-0.25, -0.2) is 0 Å². The predicted molar refractivity (Wildman–Crippen MR) is 71.6 cm³/mol. The minimum atomic E-state index is 0.805. The summed E-state index contributed by atoms with van der Waals surface area (Å²) in [6.07, 6.45) is 0. The zero-order chi connectivity index (χ0) is 11.7. The number of hydrogen-bond acceptors (Lipinski definition) is 4. The average Bonchev–Trinajstić information content (AvgIpc) is 2.64. The largest absolute Gasteiger partial charge is 0.319 e. The van der Waals surface area contributed by atoms with Crippen LogP contribution in [-0.4, -0.2) is 17.2 Å². The molecular weight excluding hydrogens is 286 g/mol. The van der Waals surface area contributed by atoms with Gasteiger partial charge in [-0.2, -0.15) is 0 Å². The quantitative estimate of drug-likeness (QED) is 0.847. The summed E-state index contributed by atoms with van der Waals surface area (Å²) in [7, 11) is 2.00. The Morgan fingerprint density at radius 1 is 1.25 bits per heavy atom. The first-order chi connectivity index (χ1) is 7.58. The van der Waals surface area contributed by atoms with Crippen molar-refractivity contribution in [1.82, 2.24) is 10.2 Å².